The van der Waals surface area contributed by atoms with Crippen LogP contribution in [0.4, 0.5) is 0 Å². The number of hydrogen-bond acceptors (Lipinski definition) is 4. The van der Waals surface area contributed by atoms with E-state index in [1.165, 1.54) is 19.3 Å². The molecule has 1 fully saturated rings. The first-order valence-electron chi connectivity index (χ1n) is 7.75. The Kier molecular flexibility index (Phi) is 6.54. The molecule has 22 heavy (non-hydrogen) atoms. The fourth-order valence-corrected chi connectivity index (χ4v) is 2.46. The van der Waals surface area contributed by atoms with E-state index in [4.69, 9.17) is 0 Å². The molecular weight excluding hydrogens is 280 g/mol. The number of amides is 2. The molecule has 1 aromatic heterocycles. The van der Waals surface area contributed by atoms with Crippen molar-refractivity contribution in [2.24, 2.45) is 5.10 Å². The third-order valence-electron chi connectivity index (χ3n) is 3.66. The summed E-state index contributed by atoms with van der Waals surface area (Å²) < 4.78 is 0. The highest BCUT2D eigenvalue weighted by Gasteiger charge is 2.15. The molecule has 1 aliphatic rings. The first-order valence-corrected chi connectivity index (χ1v) is 7.75. The number of rotatable bonds is 6. The number of carbonyl (C=O) groups is 2. The molecule has 0 aromatic carbocycles. The van der Waals surface area contributed by atoms with Gasteiger partial charge in [0, 0.05) is 31.3 Å². The fourth-order valence-electron chi connectivity index (χ4n) is 2.46. The van der Waals surface area contributed by atoms with Crippen LogP contribution in [0.15, 0.2) is 29.6 Å². The van der Waals surface area contributed by atoms with Gasteiger partial charge >= 0.3 is 0 Å². The van der Waals surface area contributed by atoms with E-state index < -0.39 is 0 Å². The molecule has 6 nitrogen and oxygen atoms in total. The Morgan fingerprint density at radius 1 is 1.14 bits per heavy atom. The van der Waals surface area contributed by atoms with E-state index in [1.807, 2.05) is 0 Å². The van der Waals surface area contributed by atoms with Gasteiger partial charge in [0.15, 0.2) is 0 Å². The summed E-state index contributed by atoms with van der Waals surface area (Å²) in [6.07, 6.45) is 10.9. The van der Waals surface area contributed by atoms with Crippen LogP contribution in [-0.2, 0) is 9.59 Å². The average Bonchev–Trinajstić information content (AvgIpc) is 2.55. The lowest BCUT2D eigenvalue weighted by atomic mass is 9.95. The first kappa shape index (κ1) is 16.1. The largest absolute Gasteiger partial charge is 0.353 e. The van der Waals surface area contributed by atoms with Crippen LogP contribution >= 0.6 is 0 Å². The van der Waals surface area contributed by atoms with Crippen LogP contribution in [-0.4, -0.2) is 29.1 Å². The number of carbonyl (C=O) groups excluding carboxylic acids is 2. The lowest BCUT2D eigenvalue weighted by Gasteiger charge is -2.22. The zero-order valence-electron chi connectivity index (χ0n) is 12.6. The van der Waals surface area contributed by atoms with Crippen molar-refractivity contribution >= 4 is 18.0 Å². The summed E-state index contributed by atoms with van der Waals surface area (Å²) in [6.45, 7) is 0. The summed E-state index contributed by atoms with van der Waals surface area (Å²) in [5.41, 5.74) is 3.27. The van der Waals surface area contributed by atoms with Crippen LogP contribution in [0, 0.1) is 0 Å². The van der Waals surface area contributed by atoms with Crippen molar-refractivity contribution in [2.75, 3.05) is 0 Å². The van der Waals surface area contributed by atoms with Gasteiger partial charge < -0.3 is 5.32 Å². The lowest BCUT2D eigenvalue weighted by Crippen LogP contribution is -2.36. The highest BCUT2D eigenvalue weighted by atomic mass is 16.2. The van der Waals surface area contributed by atoms with Crippen molar-refractivity contribution in [3.05, 3.63) is 30.1 Å². The summed E-state index contributed by atoms with van der Waals surface area (Å²) in [6, 6.07) is 3.86. The van der Waals surface area contributed by atoms with Crippen molar-refractivity contribution in [1.82, 2.24) is 15.7 Å². The minimum atomic E-state index is -0.260. The zero-order chi connectivity index (χ0) is 15.6. The minimum absolute atomic E-state index is 0.0554. The normalized spacial score (nSPS) is 15.6. The molecule has 0 atom stereocenters. The SMILES string of the molecule is O=C(CCC(=O)NC1CCCCC1)N/N=C\c1ccncc1. The van der Waals surface area contributed by atoms with Gasteiger partial charge in [-0.05, 0) is 30.5 Å². The van der Waals surface area contributed by atoms with Gasteiger partial charge in [0.2, 0.25) is 11.8 Å². The Hall–Kier alpha value is -2.24. The number of pyridine rings is 1. The average molecular weight is 302 g/mol. The third kappa shape index (κ3) is 6.03. The van der Waals surface area contributed by atoms with Gasteiger partial charge in [-0.3, -0.25) is 14.6 Å². The smallest absolute Gasteiger partial charge is 0.240 e. The molecule has 0 bridgehead atoms. The molecule has 1 aliphatic carbocycles. The van der Waals surface area contributed by atoms with E-state index in [-0.39, 0.29) is 30.7 Å². The highest BCUT2D eigenvalue weighted by molar-refractivity contribution is 5.85. The van der Waals surface area contributed by atoms with Crippen molar-refractivity contribution < 1.29 is 9.59 Å². The Labute approximate surface area is 130 Å². The van der Waals surface area contributed by atoms with Crippen LogP contribution in [0.3, 0.4) is 0 Å². The predicted molar refractivity (Wildman–Crippen MR) is 84.2 cm³/mol. The van der Waals surface area contributed by atoms with Crippen LogP contribution in [0.1, 0.15) is 50.5 Å². The maximum Gasteiger partial charge on any atom is 0.240 e. The number of aromatic nitrogens is 1. The Morgan fingerprint density at radius 2 is 1.82 bits per heavy atom. The number of hydrogen-bond donors (Lipinski definition) is 2. The van der Waals surface area contributed by atoms with E-state index in [0.29, 0.717) is 0 Å². The second-order valence-electron chi connectivity index (χ2n) is 5.48. The summed E-state index contributed by atoms with van der Waals surface area (Å²) in [5.74, 6) is -0.315. The predicted octanol–water partition coefficient (Wildman–Crippen LogP) is 1.76. The number of nitrogens with one attached hydrogen (secondary N) is 2. The molecular formula is C16H22N4O2. The van der Waals surface area contributed by atoms with E-state index in [9.17, 15) is 9.59 Å². The molecule has 1 saturated carbocycles. The van der Waals surface area contributed by atoms with Crippen molar-refractivity contribution in [3.63, 3.8) is 0 Å². The molecule has 6 heteroatoms. The van der Waals surface area contributed by atoms with E-state index >= 15 is 0 Å². The molecule has 118 valence electrons. The van der Waals surface area contributed by atoms with Crippen molar-refractivity contribution in [2.45, 2.75) is 51.0 Å². The van der Waals surface area contributed by atoms with Gasteiger partial charge in [-0.2, -0.15) is 5.10 Å². The van der Waals surface area contributed by atoms with E-state index in [1.54, 1.807) is 30.7 Å². The van der Waals surface area contributed by atoms with Crippen LogP contribution < -0.4 is 10.7 Å². The Bertz CT molecular complexity index is 510. The number of nitrogens with zero attached hydrogens (tertiary/aromatic N) is 2. The molecule has 0 radical (unpaired) electrons. The van der Waals surface area contributed by atoms with Crippen LogP contribution in [0.25, 0.3) is 0 Å². The summed E-state index contributed by atoms with van der Waals surface area (Å²) in [4.78, 5) is 27.3. The highest BCUT2D eigenvalue weighted by Crippen LogP contribution is 2.17. The Morgan fingerprint density at radius 3 is 2.55 bits per heavy atom. The second-order valence-corrected chi connectivity index (χ2v) is 5.48. The second kappa shape index (κ2) is 8.92. The molecule has 2 amide bonds. The summed E-state index contributed by atoms with van der Waals surface area (Å²) in [7, 11) is 0. The van der Waals surface area contributed by atoms with Crippen molar-refractivity contribution in [1.29, 1.82) is 0 Å². The monoisotopic (exact) mass is 302 g/mol. The van der Waals surface area contributed by atoms with Gasteiger partial charge in [0.1, 0.15) is 0 Å². The van der Waals surface area contributed by atoms with Gasteiger partial charge in [-0.15, -0.1) is 0 Å². The molecule has 0 spiro atoms. The molecule has 0 saturated heterocycles. The zero-order valence-corrected chi connectivity index (χ0v) is 12.6. The molecule has 1 heterocycles. The third-order valence-corrected chi connectivity index (χ3v) is 3.66. The topological polar surface area (TPSA) is 83.5 Å². The maximum absolute atomic E-state index is 11.8. The number of hydrazone groups is 1. The first-order chi connectivity index (χ1) is 10.7. The van der Waals surface area contributed by atoms with Gasteiger partial charge in [0.25, 0.3) is 0 Å². The standard InChI is InChI=1S/C16H22N4O2/c21-15(19-14-4-2-1-3-5-14)6-7-16(22)20-18-12-13-8-10-17-11-9-13/h8-12,14H,1-7H2,(H,19,21)(H,20,22)/b18-12-. The van der Waals surface area contributed by atoms with E-state index in [2.05, 4.69) is 20.8 Å². The van der Waals surface area contributed by atoms with Gasteiger partial charge in [-0.25, -0.2) is 5.43 Å². The van der Waals surface area contributed by atoms with Crippen LogP contribution in [0.5, 0.6) is 0 Å². The molecule has 1 aromatic rings. The fraction of sp³-hybridized carbons (Fsp3) is 0.500. The molecule has 2 N–H and O–H groups in total. The maximum atomic E-state index is 11.8. The summed E-state index contributed by atoms with van der Waals surface area (Å²) >= 11 is 0. The molecule has 0 unspecified atom stereocenters. The van der Waals surface area contributed by atoms with Crippen LogP contribution in [0.2, 0.25) is 0 Å². The van der Waals surface area contributed by atoms with Gasteiger partial charge in [0.05, 0.1) is 6.21 Å². The molecule has 2 rings (SSSR count). The van der Waals surface area contributed by atoms with E-state index in [0.717, 1.165) is 18.4 Å². The lowest BCUT2D eigenvalue weighted by molar-refractivity contribution is -0.126. The minimum Gasteiger partial charge on any atom is -0.353 e. The van der Waals surface area contributed by atoms with Crippen molar-refractivity contribution in [3.8, 4) is 0 Å². The quantitative estimate of drug-likeness (QED) is 0.620. The Balaban J connectivity index is 1.62. The molecule has 0 aliphatic heterocycles. The van der Waals surface area contributed by atoms with Gasteiger partial charge in [-0.1, -0.05) is 19.3 Å². The summed E-state index contributed by atoms with van der Waals surface area (Å²) in [5, 5.41) is 6.84.